The molecule has 1 aliphatic heterocycles. The molecule has 1 unspecified atom stereocenters. The first kappa shape index (κ1) is 15.0. The molecule has 104 valence electrons. The fraction of sp³-hybridized carbons (Fsp3) is 0.462. The van der Waals surface area contributed by atoms with Gasteiger partial charge < -0.3 is 10.0 Å². The first-order chi connectivity index (χ1) is 9.22. The van der Waals surface area contributed by atoms with Gasteiger partial charge in [0.25, 0.3) is 0 Å². The van der Waals surface area contributed by atoms with E-state index in [0.717, 1.165) is 17.1 Å². The van der Waals surface area contributed by atoms with Crippen LogP contribution in [0.1, 0.15) is 10.9 Å². The molecule has 1 aliphatic rings. The highest BCUT2D eigenvalue weighted by molar-refractivity contribution is 8.00. The smallest absolute Gasteiger partial charge is 0.233 e. The van der Waals surface area contributed by atoms with Gasteiger partial charge in [-0.25, -0.2) is 0 Å². The molecule has 6 heteroatoms. The number of benzene rings is 1. The number of amides is 1. The van der Waals surface area contributed by atoms with Crippen LogP contribution in [-0.4, -0.2) is 46.3 Å². The molecule has 1 saturated heterocycles. The second kappa shape index (κ2) is 7.43. The maximum Gasteiger partial charge on any atom is 0.233 e. The predicted molar refractivity (Wildman–Crippen MR) is 82.8 cm³/mol. The number of carbonyl (C=O) groups excluding carboxylic acids is 1. The van der Waals surface area contributed by atoms with E-state index in [9.17, 15) is 4.79 Å². The van der Waals surface area contributed by atoms with E-state index < -0.39 is 0 Å². The van der Waals surface area contributed by atoms with Crippen molar-refractivity contribution in [1.82, 2.24) is 4.90 Å². The molecule has 1 atom stereocenters. The first-order valence-corrected chi connectivity index (χ1v) is 8.65. The van der Waals surface area contributed by atoms with Gasteiger partial charge in [-0.15, -0.1) is 11.8 Å². The third-order valence-corrected chi connectivity index (χ3v) is 5.25. The Hall–Kier alpha value is -0.360. The Morgan fingerprint density at radius 2 is 2.32 bits per heavy atom. The molecule has 1 amide bonds. The van der Waals surface area contributed by atoms with Crippen molar-refractivity contribution in [3.8, 4) is 0 Å². The van der Waals surface area contributed by atoms with Crippen LogP contribution >= 0.6 is 35.1 Å². The van der Waals surface area contributed by atoms with E-state index in [1.54, 1.807) is 23.5 Å². The third kappa shape index (κ3) is 4.05. The highest BCUT2D eigenvalue weighted by atomic mass is 35.5. The summed E-state index contributed by atoms with van der Waals surface area (Å²) in [6.45, 7) is 0.902. The van der Waals surface area contributed by atoms with E-state index >= 15 is 0 Å². The van der Waals surface area contributed by atoms with Gasteiger partial charge in [-0.3, -0.25) is 4.79 Å². The summed E-state index contributed by atoms with van der Waals surface area (Å²) in [5.41, 5.74) is 1.08. The summed E-state index contributed by atoms with van der Waals surface area (Å²) >= 11 is 9.31. The summed E-state index contributed by atoms with van der Waals surface area (Å²) in [5, 5.41) is 9.52. The lowest BCUT2D eigenvalue weighted by molar-refractivity contribution is -0.127. The van der Waals surface area contributed by atoms with E-state index in [1.807, 2.05) is 29.2 Å². The predicted octanol–water partition coefficient (Wildman–Crippen LogP) is 2.64. The zero-order valence-electron chi connectivity index (χ0n) is 10.4. The van der Waals surface area contributed by atoms with Crippen molar-refractivity contribution in [2.24, 2.45) is 0 Å². The van der Waals surface area contributed by atoms with Gasteiger partial charge in [-0.05, 0) is 17.7 Å². The number of rotatable bonds is 6. The Balaban J connectivity index is 2.00. The van der Waals surface area contributed by atoms with Gasteiger partial charge in [-0.1, -0.05) is 23.7 Å². The highest BCUT2D eigenvalue weighted by Crippen LogP contribution is 2.39. The quantitative estimate of drug-likeness (QED) is 0.819. The highest BCUT2D eigenvalue weighted by Gasteiger charge is 2.32. The molecular weight excluding hydrogens is 302 g/mol. The van der Waals surface area contributed by atoms with Crippen LogP contribution < -0.4 is 0 Å². The Labute approximate surface area is 126 Å². The molecular formula is C13H16ClNO2S2. The van der Waals surface area contributed by atoms with Crippen molar-refractivity contribution in [2.45, 2.75) is 5.37 Å². The van der Waals surface area contributed by atoms with Crippen LogP contribution in [0.5, 0.6) is 0 Å². The van der Waals surface area contributed by atoms with Crippen LogP contribution in [0.2, 0.25) is 5.02 Å². The second-order valence-electron chi connectivity index (χ2n) is 4.14. The van der Waals surface area contributed by atoms with Gasteiger partial charge in [0.05, 0.1) is 12.4 Å². The summed E-state index contributed by atoms with van der Waals surface area (Å²) in [4.78, 5) is 13.8. The number of halogens is 1. The average molecular weight is 318 g/mol. The molecule has 1 heterocycles. The minimum Gasteiger partial charge on any atom is -0.396 e. The monoisotopic (exact) mass is 317 g/mol. The summed E-state index contributed by atoms with van der Waals surface area (Å²) < 4.78 is 0. The van der Waals surface area contributed by atoms with Gasteiger partial charge >= 0.3 is 0 Å². The normalized spacial score (nSPS) is 19.2. The largest absolute Gasteiger partial charge is 0.396 e. The maximum absolute atomic E-state index is 11.9. The van der Waals surface area contributed by atoms with Crippen molar-refractivity contribution < 1.29 is 9.90 Å². The number of aliphatic hydroxyl groups is 1. The molecule has 0 radical (unpaired) electrons. The molecule has 19 heavy (non-hydrogen) atoms. The number of thioether (sulfide) groups is 2. The van der Waals surface area contributed by atoms with E-state index in [2.05, 4.69) is 0 Å². The fourth-order valence-corrected chi connectivity index (χ4v) is 4.03. The molecule has 0 aromatic heterocycles. The molecule has 1 aromatic rings. The summed E-state index contributed by atoms with van der Waals surface area (Å²) in [5.74, 6) is 2.28. The van der Waals surface area contributed by atoms with Crippen LogP contribution in [0.3, 0.4) is 0 Å². The summed E-state index contributed by atoms with van der Waals surface area (Å²) in [6.07, 6.45) is 0. The molecule has 0 bridgehead atoms. The maximum atomic E-state index is 11.9. The molecule has 1 aromatic carbocycles. The van der Waals surface area contributed by atoms with Crippen molar-refractivity contribution in [3.63, 3.8) is 0 Å². The second-order valence-corrected chi connectivity index (χ2v) is 6.87. The lowest BCUT2D eigenvalue weighted by atomic mass is 10.2. The van der Waals surface area contributed by atoms with E-state index in [0.29, 0.717) is 17.3 Å². The van der Waals surface area contributed by atoms with Gasteiger partial charge in [-0.2, -0.15) is 11.8 Å². The average Bonchev–Trinajstić information content (AvgIpc) is 2.76. The molecule has 1 fully saturated rings. The molecule has 2 rings (SSSR count). The van der Waals surface area contributed by atoms with Crippen molar-refractivity contribution >= 4 is 41.0 Å². The number of hydrogen-bond acceptors (Lipinski definition) is 4. The van der Waals surface area contributed by atoms with E-state index in [-0.39, 0.29) is 17.9 Å². The van der Waals surface area contributed by atoms with Crippen molar-refractivity contribution in [2.75, 3.05) is 30.4 Å². The molecule has 3 nitrogen and oxygen atoms in total. The van der Waals surface area contributed by atoms with Gasteiger partial charge in [0.15, 0.2) is 0 Å². The van der Waals surface area contributed by atoms with Crippen molar-refractivity contribution in [3.05, 3.63) is 34.9 Å². The molecule has 0 spiro atoms. The lowest BCUT2D eigenvalue weighted by Crippen LogP contribution is -2.30. The topological polar surface area (TPSA) is 40.5 Å². The lowest BCUT2D eigenvalue weighted by Gasteiger charge is -2.24. The molecule has 1 N–H and O–H groups in total. The number of hydrogen-bond donors (Lipinski definition) is 1. The zero-order chi connectivity index (χ0) is 13.7. The van der Waals surface area contributed by atoms with E-state index in [4.69, 9.17) is 16.7 Å². The Bertz CT molecular complexity index is 444. The van der Waals surface area contributed by atoms with Gasteiger partial charge in [0.2, 0.25) is 5.91 Å². The standard InChI is InChI=1S/C13H16ClNO2S2/c14-11-3-1-2-10(8-11)13-15(12(17)9-19-13)4-6-18-7-5-16/h1-3,8,13,16H,4-7,9H2. The molecule has 0 aliphatic carbocycles. The Morgan fingerprint density at radius 3 is 3.05 bits per heavy atom. The Kier molecular flexibility index (Phi) is 5.88. The summed E-state index contributed by atoms with van der Waals surface area (Å²) in [7, 11) is 0. The SMILES string of the molecule is O=C1CSC(c2cccc(Cl)c2)N1CCSCCO. The number of nitrogens with zero attached hydrogens (tertiary/aromatic N) is 1. The van der Waals surface area contributed by atoms with Gasteiger partial charge in [0, 0.05) is 23.1 Å². The van der Waals surface area contributed by atoms with Gasteiger partial charge in [0.1, 0.15) is 5.37 Å². The minimum absolute atomic E-state index is 0.0703. The zero-order valence-corrected chi connectivity index (χ0v) is 12.8. The van der Waals surface area contributed by atoms with Crippen LogP contribution in [0, 0.1) is 0 Å². The fourth-order valence-electron chi connectivity index (χ4n) is 1.96. The molecule has 0 saturated carbocycles. The number of carbonyl (C=O) groups is 1. The van der Waals surface area contributed by atoms with Crippen LogP contribution in [0.15, 0.2) is 24.3 Å². The van der Waals surface area contributed by atoms with Crippen LogP contribution in [0.25, 0.3) is 0 Å². The summed E-state index contributed by atoms with van der Waals surface area (Å²) in [6, 6.07) is 7.69. The van der Waals surface area contributed by atoms with Crippen molar-refractivity contribution in [1.29, 1.82) is 0 Å². The van der Waals surface area contributed by atoms with Crippen LogP contribution in [-0.2, 0) is 4.79 Å². The minimum atomic E-state index is 0.0703. The Morgan fingerprint density at radius 1 is 1.47 bits per heavy atom. The first-order valence-electron chi connectivity index (χ1n) is 6.07. The van der Waals surface area contributed by atoms with Crippen LogP contribution in [0.4, 0.5) is 0 Å². The van der Waals surface area contributed by atoms with E-state index in [1.165, 1.54) is 0 Å². The number of aliphatic hydroxyl groups excluding tert-OH is 1. The third-order valence-electron chi connectivity index (χ3n) is 2.81.